The molecule has 0 saturated carbocycles. The Balaban J connectivity index is 1.76. The van der Waals surface area contributed by atoms with Crippen LogP contribution in [0.3, 0.4) is 0 Å². The van der Waals surface area contributed by atoms with Crippen LogP contribution in [0, 0.1) is 11.6 Å². The number of halogens is 2. The van der Waals surface area contributed by atoms with E-state index in [0.29, 0.717) is 32.2 Å². The Kier molecular flexibility index (Phi) is 3.86. The van der Waals surface area contributed by atoms with E-state index in [2.05, 4.69) is 9.88 Å². The van der Waals surface area contributed by atoms with Gasteiger partial charge in [-0.2, -0.15) is 0 Å². The van der Waals surface area contributed by atoms with Gasteiger partial charge in [0.1, 0.15) is 5.82 Å². The number of fused-ring (bicyclic) bond motifs is 1. The number of carbonyl (C=O) groups is 1. The van der Waals surface area contributed by atoms with E-state index < -0.39 is 17.5 Å². The minimum atomic E-state index is -0.921. The molecule has 7 heteroatoms. The third kappa shape index (κ3) is 2.75. The van der Waals surface area contributed by atoms with E-state index in [0.717, 1.165) is 12.7 Å². The minimum Gasteiger partial charge on any atom is -0.375 e. The highest BCUT2D eigenvalue weighted by molar-refractivity contribution is 5.92. The number of piperidine rings is 1. The van der Waals surface area contributed by atoms with Crippen LogP contribution in [-0.4, -0.2) is 66.1 Å². The molecule has 2 aliphatic rings. The number of carbonyl (C=O) groups excluding carboxylic acids is 1. The fraction of sp³-hybridized carbons (Fsp3) is 0.571. The fourth-order valence-corrected chi connectivity index (χ4v) is 2.95. The summed E-state index contributed by atoms with van der Waals surface area (Å²) in [6, 6.07) is 0.794. The molecule has 0 bridgehead atoms. The zero-order valence-electron chi connectivity index (χ0n) is 11.8. The van der Waals surface area contributed by atoms with Crippen LogP contribution in [-0.2, 0) is 4.74 Å². The summed E-state index contributed by atoms with van der Waals surface area (Å²) in [7, 11) is 1.99. The number of hydrogen-bond donors (Lipinski definition) is 0. The second-order valence-corrected chi connectivity index (χ2v) is 5.48. The Morgan fingerprint density at radius 3 is 3.00 bits per heavy atom. The van der Waals surface area contributed by atoms with Crippen molar-refractivity contribution in [1.29, 1.82) is 0 Å². The summed E-state index contributed by atoms with van der Waals surface area (Å²) in [5.74, 6) is -2.21. The predicted molar refractivity (Wildman–Crippen MR) is 70.8 cm³/mol. The number of hydrogen-bond acceptors (Lipinski definition) is 4. The molecule has 2 fully saturated rings. The van der Waals surface area contributed by atoms with Crippen molar-refractivity contribution >= 4 is 5.91 Å². The van der Waals surface area contributed by atoms with Crippen LogP contribution < -0.4 is 0 Å². The molecule has 3 rings (SSSR count). The maximum Gasteiger partial charge on any atom is 0.275 e. The SMILES string of the molecule is CN1CCO[C@H]2CCN(C(=O)c3ncc(F)cc3F)C[C@H]21. The number of morpholine rings is 1. The average molecular weight is 297 g/mol. The number of nitrogens with zero attached hydrogens (tertiary/aromatic N) is 3. The second kappa shape index (κ2) is 5.65. The van der Waals surface area contributed by atoms with E-state index in [4.69, 9.17) is 4.74 Å². The lowest BCUT2D eigenvalue weighted by molar-refractivity contribution is -0.0894. The van der Waals surface area contributed by atoms with E-state index in [1.54, 1.807) is 4.90 Å². The first-order valence-electron chi connectivity index (χ1n) is 6.98. The highest BCUT2D eigenvalue weighted by Gasteiger charge is 2.37. The van der Waals surface area contributed by atoms with Crippen molar-refractivity contribution in [3.63, 3.8) is 0 Å². The molecule has 114 valence electrons. The summed E-state index contributed by atoms with van der Waals surface area (Å²) in [4.78, 5) is 19.7. The lowest BCUT2D eigenvalue weighted by Crippen LogP contribution is -2.59. The summed E-state index contributed by atoms with van der Waals surface area (Å²) in [5.41, 5.74) is -0.325. The molecule has 0 spiro atoms. The lowest BCUT2D eigenvalue weighted by Gasteiger charge is -2.45. The van der Waals surface area contributed by atoms with Gasteiger partial charge in [-0.05, 0) is 13.5 Å². The van der Waals surface area contributed by atoms with Gasteiger partial charge in [0.25, 0.3) is 5.91 Å². The van der Waals surface area contributed by atoms with Gasteiger partial charge < -0.3 is 9.64 Å². The van der Waals surface area contributed by atoms with Crippen molar-refractivity contribution in [2.75, 3.05) is 33.3 Å². The zero-order chi connectivity index (χ0) is 15.0. The third-order valence-corrected chi connectivity index (χ3v) is 4.16. The summed E-state index contributed by atoms with van der Waals surface area (Å²) >= 11 is 0. The molecule has 0 aliphatic carbocycles. The first-order chi connectivity index (χ1) is 10.1. The smallest absolute Gasteiger partial charge is 0.275 e. The molecule has 3 heterocycles. The Morgan fingerprint density at radius 2 is 2.24 bits per heavy atom. The first-order valence-corrected chi connectivity index (χ1v) is 6.98. The molecular weight excluding hydrogens is 280 g/mol. The largest absolute Gasteiger partial charge is 0.375 e. The summed E-state index contributed by atoms with van der Waals surface area (Å²) in [6.07, 6.45) is 1.68. The fourth-order valence-electron chi connectivity index (χ4n) is 2.95. The Morgan fingerprint density at radius 1 is 1.43 bits per heavy atom. The molecule has 0 N–H and O–H groups in total. The molecule has 0 unspecified atom stereocenters. The van der Waals surface area contributed by atoms with E-state index in [9.17, 15) is 13.6 Å². The minimum absolute atomic E-state index is 0.110. The molecule has 0 radical (unpaired) electrons. The Labute approximate surface area is 121 Å². The standard InChI is InChI=1S/C14H17F2N3O2/c1-18-4-5-21-12-2-3-19(8-11(12)18)14(20)13-10(16)6-9(15)7-17-13/h6-7,11-12H,2-5,8H2,1H3/t11-,12+/m1/s1. The molecule has 1 aromatic heterocycles. The Hall–Kier alpha value is -1.60. The van der Waals surface area contributed by atoms with Gasteiger partial charge in [-0.3, -0.25) is 9.69 Å². The highest BCUT2D eigenvalue weighted by Crippen LogP contribution is 2.23. The molecular formula is C14H17F2N3O2. The van der Waals surface area contributed by atoms with Crippen molar-refractivity contribution in [3.8, 4) is 0 Å². The number of rotatable bonds is 1. The van der Waals surface area contributed by atoms with Crippen molar-refractivity contribution in [3.05, 3.63) is 29.6 Å². The number of likely N-dealkylation sites (tertiary alicyclic amines) is 1. The number of aromatic nitrogens is 1. The maximum atomic E-state index is 13.7. The number of likely N-dealkylation sites (N-methyl/N-ethyl adjacent to an activating group) is 1. The second-order valence-electron chi connectivity index (χ2n) is 5.48. The van der Waals surface area contributed by atoms with Crippen LogP contribution in [0.5, 0.6) is 0 Å². The van der Waals surface area contributed by atoms with Gasteiger partial charge in [0.15, 0.2) is 11.5 Å². The molecule has 1 amide bonds. The molecule has 21 heavy (non-hydrogen) atoms. The molecule has 2 saturated heterocycles. The normalized spacial score (nSPS) is 26.5. The van der Waals surface area contributed by atoms with E-state index in [1.165, 1.54) is 0 Å². The monoisotopic (exact) mass is 297 g/mol. The van der Waals surface area contributed by atoms with Gasteiger partial charge in [0, 0.05) is 25.7 Å². The number of pyridine rings is 1. The maximum absolute atomic E-state index is 13.7. The number of ether oxygens (including phenoxy) is 1. The van der Waals surface area contributed by atoms with Gasteiger partial charge in [-0.15, -0.1) is 0 Å². The van der Waals surface area contributed by atoms with E-state index in [-0.39, 0.29) is 17.8 Å². The highest BCUT2D eigenvalue weighted by atomic mass is 19.1. The van der Waals surface area contributed by atoms with Gasteiger partial charge in [0.2, 0.25) is 0 Å². The van der Waals surface area contributed by atoms with Crippen molar-refractivity contribution in [2.24, 2.45) is 0 Å². The van der Waals surface area contributed by atoms with Gasteiger partial charge in [-0.25, -0.2) is 13.8 Å². The molecule has 2 aliphatic heterocycles. The van der Waals surface area contributed by atoms with E-state index >= 15 is 0 Å². The first kappa shape index (κ1) is 14.3. The van der Waals surface area contributed by atoms with Crippen LogP contribution in [0.15, 0.2) is 12.3 Å². The van der Waals surface area contributed by atoms with Crippen LogP contribution in [0.1, 0.15) is 16.9 Å². The van der Waals surface area contributed by atoms with Crippen LogP contribution >= 0.6 is 0 Å². The number of amides is 1. The van der Waals surface area contributed by atoms with Gasteiger partial charge >= 0.3 is 0 Å². The molecule has 0 aromatic carbocycles. The van der Waals surface area contributed by atoms with Crippen molar-refractivity contribution in [1.82, 2.24) is 14.8 Å². The average Bonchev–Trinajstić information content (AvgIpc) is 2.47. The third-order valence-electron chi connectivity index (χ3n) is 4.16. The van der Waals surface area contributed by atoms with Gasteiger partial charge in [0.05, 0.1) is 24.9 Å². The lowest BCUT2D eigenvalue weighted by atomic mass is 9.99. The molecule has 5 nitrogen and oxygen atoms in total. The van der Waals surface area contributed by atoms with Crippen LogP contribution in [0.4, 0.5) is 8.78 Å². The summed E-state index contributed by atoms with van der Waals surface area (Å²) in [5, 5.41) is 0. The van der Waals surface area contributed by atoms with Crippen LogP contribution in [0.2, 0.25) is 0 Å². The predicted octanol–water partition coefficient (Wildman–Crippen LogP) is 0.905. The molecule has 1 aromatic rings. The Bertz CT molecular complexity index is 555. The quantitative estimate of drug-likeness (QED) is 0.773. The summed E-state index contributed by atoms with van der Waals surface area (Å²) in [6.45, 7) is 2.47. The van der Waals surface area contributed by atoms with E-state index in [1.807, 2.05) is 7.05 Å². The zero-order valence-corrected chi connectivity index (χ0v) is 11.8. The summed E-state index contributed by atoms with van der Waals surface area (Å²) < 4.78 is 32.3. The van der Waals surface area contributed by atoms with Gasteiger partial charge in [-0.1, -0.05) is 0 Å². The van der Waals surface area contributed by atoms with Crippen molar-refractivity contribution in [2.45, 2.75) is 18.6 Å². The van der Waals surface area contributed by atoms with Crippen molar-refractivity contribution < 1.29 is 18.3 Å². The molecule has 2 atom stereocenters. The topological polar surface area (TPSA) is 45.7 Å². The van der Waals surface area contributed by atoms with Crippen LogP contribution in [0.25, 0.3) is 0 Å².